The van der Waals surface area contributed by atoms with Crippen molar-refractivity contribution in [1.82, 2.24) is 0 Å². The molecule has 16 heavy (non-hydrogen) atoms. The van der Waals surface area contributed by atoms with Gasteiger partial charge in [0.05, 0.1) is 11.7 Å². The maximum atomic E-state index is 10.3. The van der Waals surface area contributed by atoms with Crippen LogP contribution in [-0.4, -0.2) is 37.6 Å². The maximum absolute atomic E-state index is 10.3. The van der Waals surface area contributed by atoms with E-state index in [0.717, 1.165) is 32.3 Å². The van der Waals surface area contributed by atoms with Gasteiger partial charge in [0.15, 0.2) is 0 Å². The highest BCUT2D eigenvalue weighted by molar-refractivity contribution is 4.89. The third kappa shape index (κ3) is 3.72. The number of hydrogen-bond donors (Lipinski definition) is 1. The van der Waals surface area contributed by atoms with E-state index in [1.54, 1.807) is 14.2 Å². The van der Waals surface area contributed by atoms with Crippen LogP contribution in [0, 0.1) is 0 Å². The van der Waals surface area contributed by atoms with Crippen molar-refractivity contribution in [2.24, 2.45) is 0 Å². The van der Waals surface area contributed by atoms with Gasteiger partial charge in [0, 0.05) is 20.8 Å². The van der Waals surface area contributed by atoms with Crippen LogP contribution in [0.15, 0.2) is 0 Å². The quantitative estimate of drug-likeness (QED) is 0.563. The summed E-state index contributed by atoms with van der Waals surface area (Å²) in [6.45, 7) is 0.719. The molecule has 1 rings (SSSR count). The molecule has 1 unspecified atom stereocenters. The second kappa shape index (κ2) is 7.25. The topological polar surface area (TPSA) is 38.7 Å². The molecule has 3 heteroatoms. The van der Waals surface area contributed by atoms with Gasteiger partial charge in [-0.25, -0.2) is 0 Å². The number of hydrogen-bond acceptors (Lipinski definition) is 3. The summed E-state index contributed by atoms with van der Waals surface area (Å²) in [6, 6.07) is 0. The Hall–Kier alpha value is -0.120. The van der Waals surface area contributed by atoms with Crippen molar-refractivity contribution in [2.75, 3.05) is 20.8 Å². The monoisotopic (exact) mass is 230 g/mol. The van der Waals surface area contributed by atoms with E-state index in [2.05, 4.69) is 0 Å². The summed E-state index contributed by atoms with van der Waals surface area (Å²) in [4.78, 5) is 0. The van der Waals surface area contributed by atoms with Crippen LogP contribution in [0.3, 0.4) is 0 Å². The van der Waals surface area contributed by atoms with Gasteiger partial charge in [-0.15, -0.1) is 0 Å². The predicted molar refractivity (Wildman–Crippen MR) is 64.6 cm³/mol. The zero-order valence-electron chi connectivity index (χ0n) is 10.7. The zero-order valence-corrected chi connectivity index (χ0v) is 10.7. The molecule has 0 amide bonds. The molecule has 1 saturated carbocycles. The first kappa shape index (κ1) is 13.9. The summed E-state index contributed by atoms with van der Waals surface area (Å²) in [5.41, 5.74) is -0.287. The largest absolute Gasteiger partial charge is 0.390 e. The minimum Gasteiger partial charge on any atom is -0.390 e. The number of ether oxygens (including phenoxy) is 2. The highest BCUT2D eigenvalue weighted by Gasteiger charge is 2.37. The summed E-state index contributed by atoms with van der Waals surface area (Å²) in [6.07, 6.45) is 8.24. The third-order valence-electron chi connectivity index (χ3n) is 3.79. The number of aliphatic hydroxyl groups excluding tert-OH is 1. The molecule has 0 spiro atoms. The van der Waals surface area contributed by atoms with Crippen LogP contribution >= 0.6 is 0 Å². The Morgan fingerprint density at radius 1 is 1.12 bits per heavy atom. The van der Waals surface area contributed by atoms with Crippen molar-refractivity contribution in [1.29, 1.82) is 0 Å². The molecular formula is C13H26O3. The van der Waals surface area contributed by atoms with Gasteiger partial charge in [-0.05, 0) is 25.7 Å². The molecule has 0 aromatic rings. The fourth-order valence-electron chi connectivity index (χ4n) is 2.68. The molecule has 1 aliphatic rings. The second-order valence-corrected chi connectivity index (χ2v) is 4.83. The van der Waals surface area contributed by atoms with E-state index in [1.165, 1.54) is 25.7 Å². The highest BCUT2D eigenvalue weighted by atomic mass is 16.5. The van der Waals surface area contributed by atoms with E-state index >= 15 is 0 Å². The van der Waals surface area contributed by atoms with Gasteiger partial charge >= 0.3 is 0 Å². The van der Waals surface area contributed by atoms with Gasteiger partial charge in [0.25, 0.3) is 0 Å². The first-order chi connectivity index (χ1) is 7.75. The Kier molecular flexibility index (Phi) is 6.32. The molecule has 0 aromatic heterocycles. The number of aliphatic hydroxyl groups is 1. The first-order valence-electron chi connectivity index (χ1n) is 6.47. The SMILES string of the molecule is COCCCC(O)C1(OC)CCCCCC1. The molecule has 3 nitrogen and oxygen atoms in total. The summed E-state index contributed by atoms with van der Waals surface area (Å²) >= 11 is 0. The van der Waals surface area contributed by atoms with E-state index in [4.69, 9.17) is 9.47 Å². The molecule has 0 aliphatic heterocycles. The Balaban J connectivity index is 2.48. The lowest BCUT2D eigenvalue weighted by molar-refractivity contribution is -0.115. The molecule has 1 fully saturated rings. The van der Waals surface area contributed by atoms with Crippen molar-refractivity contribution in [2.45, 2.75) is 63.1 Å². The smallest absolute Gasteiger partial charge is 0.0936 e. The lowest BCUT2D eigenvalue weighted by Gasteiger charge is -2.36. The lowest BCUT2D eigenvalue weighted by Crippen LogP contribution is -2.44. The minimum absolute atomic E-state index is 0.287. The minimum atomic E-state index is -0.342. The summed E-state index contributed by atoms with van der Waals surface area (Å²) in [7, 11) is 3.44. The van der Waals surface area contributed by atoms with Gasteiger partial charge in [0.1, 0.15) is 0 Å². The first-order valence-corrected chi connectivity index (χ1v) is 6.47. The van der Waals surface area contributed by atoms with Gasteiger partial charge < -0.3 is 14.6 Å². The van der Waals surface area contributed by atoms with Crippen LogP contribution in [0.5, 0.6) is 0 Å². The van der Waals surface area contributed by atoms with Gasteiger partial charge in [-0.1, -0.05) is 25.7 Å². The molecule has 1 N–H and O–H groups in total. The van der Waals surface area contributed by atoms with E-state index in [-0.39, 0.29) is 11.7 Å². The van der Waals surface area contributed by atoms with Crippen LogP contribution in [-0.2, 0) is 9.47 Å². The molecule has 1 atom stereocenters. The summed E-state index contributed by atoms with van der Waals surface area (Å²) < 4.78 is 10.7. The van der Waals surface area contributed by atoms with Crippen LogP contribution in [0.2, 0.25) is 0 Å². The molecule has 0 saturated heterocycles. The van der Waals surface area contributed by atoms with Crippen molar-refractivity contribution in [3.8, 4) is 0 Å². The Bertz CT molecular complexity index is 174. The Labute approximate surface area is 99.1 Å². The normalized spacial score (nSPS) is 22.7. The fraction of sp³-hybridized carbons (Fsp3) is 1.00. The van der Waals surface area contributed by atoms with Gasteiger partial charge in [0.2, 0.25) is 0 Å². The fourth-order valence-corrected chi connectivity index (χ4v) is 2.68. The standard InChI is InChI=1S/C13H26O3/c1-15-11-7-8-12(14)13(16-2)9-5-3-4-6-10-13/h12,14H,3-11H2,1-2H3. The third-order valence-corrected chi connectivity index (χ3v) is 3.79. The number of rotatable bonds is 6. The van der Waals surface area contributed by atoms with Crippen molar-refractivity contribution in [3.63, 3.8) is 0 Å². The molecule has 0 aromatic carbocycles. The second-order valence-electron chi connectivity index (χ2n) is 4.83. The maximum Gasteiger partial charge on any atom is 0.0936 e. The van der Waals surface area contributed by atoms with Crippen LogP contribution in [0.25, 0.3) is 0 Å². The van der Waals surface area contributed by atoms with Crippen LogP contribution in [0.4, 0.5) is 0 Å². The molecule has 96 valence electrons. The Morgan fingerprint density at radius 2 is 1.75 bits per heavy atom. The molecule has 0 radical (unpaired) electrons. The van der Waals surface area contributed by atoms with Crippen molar-refractivity contribution in [3.05, 3.63) is 0 Å². The van der Waals surface area contributed by atoms with Crippen molar-refractivity contribution < 1.29 is 14.6 Å². The highest BCUT2D eigenvalue weighted by Crippen LogP contribution is 2.34. The zero-order chi connectivity index (χ0) is 11.9. The summed E-state index contributed by atoms with van der Waals surface area (Å²) in [5.74, 6) is 0. The van der Waals surface area contributed by atoms with E-state index in [9.17, 15) is 5.11 Å². The molecule has 0 bridgehead atoms. The number of methoxy groups -OCH3 is 2. The van der Waals surface area contributed by atoms with Gasteiger partial charge in [-0.3, -0.25) is 0 Å². The van der Waals surface area contributed by atoms with Crippen LogP contribution in [0.1, 0.15) is 51.4 Å². The molecule has 0 heterocycles. The van der Waals surface area contributed by atoms with E-state index < -0.39 is 0 Å². The molecule has 1 aliphatic carbocycles. The predicted octanol–water partition coefficient (Wildman–Crippen LogP) is 2.51. The van der Waals surface area contributed by atoms with Crippen molar-refractivity contribution >= 4 is 0 Å². The van der Waals surface area contributed by atoms with E-state index in [0.29, 0.717) is 0 Å². The van der Waals surface area contributed by atoms with Crippen LogP contribution < -0.4 is 0 Å². The summed E-state index contributed by atoms with van der Waals surface area (Å²) in [5, 5.41) is 10.3. The molecular weight excluding hydrogens is 204 g/mol. The lowest BCUT2D eigenvalue weighted by atomic mass is 9.86. The average Bonchev–Trinajstić information content (AvgIpc) is 2.55. The Morgan fingerprint density at radius 3 is 2.25 bits per heavy atom. The van der Waals surface area contributed by atoms with E-state index in [1.807, 2.05) is 0 Å². The average molecular weight is 230 g/mol. The van der Waals surface area contributed by atoms with Gasteiger partial charge in [-0.2, -0.15) is 0 Å².